The number of hydrogen-bond donors (Lipinski definition) is 0. The minimum absolute atomic E-state index is 0.0988. The molecule has 0 radical (unpaired) electrons. The molecule has 0 saturated carbocycles. The molecule has 1 heterocycles. The number of aromatic nitrogens is 3. The minimum Gasteiger partial charge on any atom is -0.484 e. The lowest BCUT2D eigenvalue weighted by Gasteiger charge is -2.21. The number of halogens is 1. The van der Waals surface area contributed by atoms with Crippen LogP contribution in [0.5, 0.6) is 5.75 Å². The molecule has 0 N–H and O–H groups in total. The highest BCUT2D eigenvalue weighted by molar-refractivity contribution is 7.99. The number of rotatable bonds is 9. The van der Waals surface area contributed by atoms with Crippen molar-refractivity contribution < 1.29 is 9.53 Å². The molecule has 0 aliphatic rings. The number of anilines is 1. The van der Waals surface area contributed by atoms with Gasteiger partial charge in [-0.3, -0.25) is 4.79 Å². The van der Waals surface area contributed by atoms with Gasteiger partial charge in [-0.1, -0.05) is 53.7 Å². The molecule has 1 amide bonds. The van der Waals surface area contributed by atoms with E-state index in [4.69, 9.17) is 21.6 Å². The highest BCUT2D eigenvalue weighted by atomic mass is 35.5. The second-order valence-corrected chi connectivity index (χ2v) is 7.60. The Labute approximate surface area is 184 Å². The van der Waals surface area contributed by atoms with Crippen LogP contribution in [0, 0.1) is 11.3 Å². The molecule has 154 valence electrons. The first-order chi connectivity index (χ1) is 14.6. The molecule has 7 nitrogen and oxygen atoms in total. The third kappa shape index (κ3) is 5.53. The maximum atomic E-state index is 12.8. The standard InChI is InChI=1S/C21H20ClN5O2S/c1-26-19(14-29-18-11-6-5-10-17(18)22)24-25-21(26)30-15-20(28)27(13-7-12-23)16-8-3-2-4-9-16/h2-6,8-11H,7,13-15H2,1H3. The molecule has 0 spiro atoms. The molecular formula is C21H20ClN5O2S. The summed E-state index contributed by atoms with van der Waals surface area (Å²) in [6.07, 6.45) is 0.263. The smallest absolute Gasteiger partial charge is 0.237 e. The van der Waals surface area contributed by atoms with Crippen molar-refractivity contribution in [3.63, 3.8) is 0 Å². The summed E-state index contributed by atoms with van der Waals surface area (Å²) in [5.41, 5.74) is 0.769. The van der Waals surface area contributed by atoms with E-state index in [-0.39, 0.29) is 24.7 Å². The average Bonchev–Trinajstić information content (AvgIpc) is 3.12. The zero-order valence-corrected chi connectivity index (χ0v) is 17.9. The molecule has 0 fully saturated rings. The topological polar surface area (TPSA) is 84.0 Å². The van der Waals surface area contributed by atoms with Crippen LogP contribution in [-0.4, -0.2) is 33.0 Å². The number of thioether (sulfide) groups is 1. The van der Waals surface area contributed by atoms with Crippen LogP contribution in [0.1, 0.15) is 12.2 Å². The lowest BCUT2D eigenvalue weighted by atomic mass is 10.2. The number of hydrogen-bond acceptors (Lipinski definition) is 6. The van der Waals surface area contributed by atoms with E-state index in [9.17, 15) is 4.79 Å². The molecule has 0 bridgehead atoms. The van der Waals surface area contributed by atoms with E-state index in [1.807, 2.05) is 49.5 Å². The summed E-state index contributed by atoms with van der Waals surface area (Å²) in [4.78, 5) is 14.4. The SMILES string of the molecule is Cn1c(COc2ccccc2Cl)nnc1SCC(=O)N(CCC#N)c1ccccc1. The van der Waals surface area contributed by atoms with Gasteiger partial charge in [0.1, 0.15) is 12.4 Å². The molecule has 1 aromatic heterocycles. The lowest BCUT2D eigenvalue weighted by molar-refractivity contribution is -0.116. The molecule has 0 saturated heterocycles. The summed E-state index contributed by atoms with van der Waals surface area (Å²) in [5.74, 6) is 1.27. The van der Waals surface area contributed by atoms with E-state index in [1.54, 1.807) is 21.6 Å². The second kappa shape index (κ2) is 10.7. The van der Waals surface area contributed by atoms with Gasteiger partial charge in [0.2, 0.25) is 5.91 Å². The minimum atomic E-state index is -0.0988. The fourth-order valence-electron chi connectivity index (χ4n) is 2.67. The highest BCUT2D eigenvalue weighted by Gasteiger charge is 2.18. The number of benzene rings is 2. The van der Waals surface area contributed by atoms with E-state index in [0.717, 1.165) is 5.69 Å². The fraction of sp³-hybridized carbons (Fsp3) is 0.238. The van der Waals surface area contributed by atoms with Gasteiger partial charge < -0.3 is 14.2 Å². The first-order valence-corrected chi connectivity index (χ1v) is 10.6. The van der Waals surface area contributed by atoms with Crippen molar-refractivity contribution >= 4 is 35.0 Å². The van der Waals surface area contributed by atoms with E-state index in [2.05, 4.69) is 16.3 Å². The fourth-order valence-corrected chi connectivity index (χ4v) is 3.67. The largest absolute Gasteiger partial charge is 0.484 e. The Hall–Kier alpha value is -3.02. The Morgan fingerprint density at radius 3 is 2.67 bits per heavy atom. The Kier molecular flexibility index (Phi) is 7.71. The Morgan fingerprint density at radius 2 is 1.93 bits per heavy atom. The van der Waals surface area contributed by atoms with Gasteiger partial charge in [-0.2, -0.15) is 5.26 Å². The van der Waals surface area contributed by atoms with Crippen molar-refractivity contribution in [1.82, 2.24) is 14.8 Å². The van der Waals surface area contributed by atoms with Crippen LogP contribution < -0.4 is 9.64 Å². The van der Waals surface area contributed by atoms with Crippen molar-refractivity contribution in [3.05, 3.63) is 65.4 Å². The molecule has 3 rings (SSSR count). The van der Waals surface area contributed by atoms with Gasteiger partial charge in [0.25, 0.3) is 0 Å². The summed E-state index contributed by atoms with van der Waals surface area (Å²) in [7, 11) is 1.82. The molecule has 30 heavy (non-hydrogen) atoms. The molecule has 2 aromatic carbocycles. The van der Waals surface area contributed by atoms with Gasteiger partial charge in [-0.25, -0.2) is 0 Å². The lowest BCUT2D eigenvalue weighted by Crippen LogP contribution is -2.33. The van der Waals surface area contributed by atoms with Crippen LogP contribution in [0.15, 0.2) is 59.8 Å². The number of carbonyl (C=O) groups is 1. The van der Waals surface area contributed by atoms with E-state index >= 15 is 0 Å². The van der Waals surface area contributed by atoms with Gasteiger partial charge in [0, 0.05) is 19.3 Å². The number of nitriles is 1. The molecule has 0 unspecified atom stereocenters. The zero-order chi connectivity index (χ0) is 21.3. The molecule has 3 aromatic rings. The van der Waals surface area contributed by atoms with Gasteiger partial charge in [0.15, 0.2) is 11.0 Å². The molecule has 0 aliphatic heterocycles. The predicted octanol–water partition coefficient (Wildman–Crippen LogP) is 4.09. The monoisotopic (exact) mass is 441 g/mol. The Bertz CT molecular complexity index is 1040. The van der Waals surface area contributed by atoms with E-state index in [0.29, 0.717) is 28.3 Å². The summed E-state index contributed by atoms with van der Waals surface area (Å²) < 4.78 is 7.50. The first-order valence-electron chi connectivity index (χ1n) is 9.21. The normalized spacial score (nSPS) is 10.4. The quantitative estimate of drug-likeness (QED) is 0.465. The molecular weight excluding hydrogens is 422 g/mol. The highest BCUT2D eigenvalue weighted by Crippen LogP contribution is 2.25. The van der Waals surface area contributed by atoms with E-state index in [1.165, 1.54) is 11.8 Å². The van der Waals surface area contributed by atoms with Crippen molar-refractivity contribution in [3.8, 4) is 11.8 Å². The van der Waals surface area contributed by atoms with Crippen LogP contribution in [-0.2, 0) is 18.4 Å². The zero-order valence-electron chi connectivity index (χ0n) is 16.4. The third-order valence-electron chi connectivity index (χ3n) is 4.26. The summed E-state index contributed by atoms with van der Waals surface area (Å²) in [5, 5.41) is 18.3. The van der Waals surface area contributed by atoms with Gasteiger partial charge >= 0.3 is 0 Å². The van der Waals surface area contributed by atoms with Gasteiger partial charge in [-0.15, -0.1) is 10.2 Å². The third-order valence-corrected chi connectivity index (χ3v) is 5.58. The number of carbonyl (C=O) groups excluding carboxylic acids is 1. The van der Waals surface area contributed by atoms with Crippen LogP contribution in [0.25, 0.3) is 0 Å². The molecule has 0 aliphatic carbocycles. The van der Waals surface area contributed by atoms with Crippen LogP contribution in [0.3, 0.4) is 0 Å². The van der Waals surface area contributed by atoms with Crippen molar-refractivity contribution in [2.75, 3.05) is 17.2 Å². The molecule has 9 heteroatoms. The average molecular weight is 442 g/mol. The summed E-state index contributed by atoms with van der Waals surface area (Å²) in [6.45, 7) is 0.551. The maximum absolute atomic E-state index is 12.8. The van der Waals surface area contributed by atoms with Crippen LogP contribution in [0.4, 0.5) is 5.69 Å². The number of para-hydroxylation sites is 2. The van der Waals surface area contributed by atoms with Gasteiger partial charge in [-0.05, 0) is 24.3 Å². The van der Waals surface area contributed by atoms with E-state index < -0.39 is 0 Å². The van der Waals surface area contributed by atoms with Crippen LogP contribution >= 0.6 is 23.4 Å². The number of nitrogens with zero attached hydrogens (tertiary/aromatic N) is 5. The van der Waals surface area contributed by atoms with Crippen molar-refractivity contribution in [1.29, 1.82) is 5.26 Å². The summed E-state index contributed by atoms with van der Waals surface area (Å²) in [6, 6.07) is 18.6. The molecule has 0 atom stereocenters. The Balaban J connectivity index is 1.61. The Morgan fingerprint density at radius 1 is 1.20 bits per heavy atom. The first kappa shape index (κ1) is 21.7. The number of ether oxygens (including phenoxy) is 1. The van der Waals surface area contributed by atoms with Crippen molar-refractivity contribution in [2.24, 2.45) is 7.05 Å². The number of amides is 1. The van der Waals surface area contributed by atoms with Crippen molar-refractivity contribution in [2.45, 2.75) is 18.2 Å². The second-order valence-electron chi connectivity index (χ2n) is 6.25. The maximum Gasteiger partial charge on any atom is 0.237 e. The van der Waals surface area contributed by atoms with Gasteiger partial charge in [0.05, 0.1) is 23.3 Å². The van der Waals surface area contributed by atoms with Crippen LogP contribution in [0.2, 0.25) is 5.02 Å². The predicted molar refractivity (Wildman–Crippen MR) is 117 cm³/mol. The summed E-state index contributed by atoms with van der Waals surface area (Å²) >= 11 is 7.39.